The van der Waals surface area contributed by atoms with Crippen molar-refractivity contribution in [2.24, 2.45) is 16.2 Å². The maximum Gasteiger partial charge on any atom is 0.311 e. The summed E-state index contributed by atoms with van der Waals surface area (Å²) in [6.07, 6.45) is -0.366. The number of hydrogen-bond acceptors (Lipinski definition) is 2. The fraction of sp³-hybridized carbons (Fsp3) is 0.833. The molecule has 0 aromatic carbocycles. The van der Waals surface area contributed by atoms with E-state index < -0.39 is 28.2 Å². The van der Waals surface area contributed by atoms with Crippen molar-refractivity contribution in [2.75, 3.05) is 0 Å². The molecule has 0 radical (unpaired) electrons. The van der Waals surface area contributed by atoms with E-state index in [1.54, 1.807) is 41.5 Å². The topological polar surface area (TPSA) is 74.6 Å². The molecule has 0 heterocycles. The van der Waals surface area contributed by atoms with E-state index in [0.29, 0.717) is 0 Å². The van der Waals surface area contributed by atoms with Gasteiger partial charge in [-0.15, -0.1) is 0 Å². The van der Waals surface area contributed by atoms with E-state index in [1.807, 2.05) is 0 Å². The van der Waals surface area contributed by atoms with Gasteiger partial charge in [0.05, 0.1) is 11.8 Å². The minimum atomic E-state index is -1.29. The molecule has 0 aliphatic carbocycles. The lowest BCUT2D eigenvalue weighted by Crippen LogP contribution is -2.53. The molecule has 16 heavy (non-hydrogen) atoms. The second-order valence-electron chi connectivity index (χ2n) is 6.28. The maximum absolute atomic E-state index is 11.6. The van der Waals surface area contributed by atoms with Gasteiger partial charge in [0.25, 0.3) is 0 Å². The van der Waals surface area contributed by atoms with E-state index >= 15 is 0 Å². The maximum atomic E-state index is 11.6. The molecule has 0 aliphatic rings. The lowest BCUT2D eigenvalue weighted by Gasteiger charge is -2.49. The average Bonchev–Trinajstić information content (AvgIpc) is 1.93. The molecule has 4 nitrogen and oxygen atoms in total. The van der Waals surface area contributed by atoms with E-state index in [9.17, 15) is 14.7 Å². The van der Waals surface area contributed by atoms with Crippen LogP contribution in [0.15, 0.2) is 0 Å². The van der Waals surface area contributed by atoms with E-state index in [-0.39, 0.29) is 6.42 Å². The van der Waals surface area contributed by atoms with E-state index in [1.165, 1.54) is 0 Å². The van der Waals surface area contributed by atoms with Crippen molar-refractivity contribution >= 4 is 11.9 Å². The first-order valence-corrected chi connectivity index (χ1v) is 5.31. The highest BCUT2D eigenvalue weighted by Gasteiger charge is 2.57. The van der Waals surface area contributed by atoms with Gasteiger partial charge in [0.1, 0.15) is 0 Å². The zero-order valence-electron chi connectivity index (χ0n) is 10.9. The number of rotatable bonds is 3. The summed E-state index contributed by atoms with van der Waals surface area (Å²) in [6, 6.07) is 0. The number of carboxylic acid groups (broad SMARTS) is 2. The highest BCUT2D eigenvalue weighted by atomic mass is 16.4. The van der Waals surface area contributed by atoms with Crippen molar-refractivity contribution in [3.63, 3.8) is 0 Å². The summed E-state index contributed by atoms with van der Waals surface area (Å²) in [7, 11) is 0. The van der Waals surface area contributed by atoms with Crippen molar-refractivity contribution in [1.82, 2.24) is 0 Å². The van der Waals surface area contributed by atoms with Gasteiger partial charge in [-0.2, -0.15) is 0 Å². The monoisotopic (exact) mass is 230 g/mol. The van der Waals surface area contributed by atoms with Crippen LogP contribution in [0.4, 0.5) is 0 Å². The van der Waals surface area contributed by atoms with Gasteiger partial charge in [0.2, 0.25) is 0 Å². The summed E-state index contributed by atoms with van der Waals surface area (Å²) >= 11 is 0. The zero-order valence-corrected chi connectivity index (χ0v) is 10.9. The van der Waals surface area contributed by atoms with Crippen LogP contribution in [0.2, 0.25) is 0 Å². The minimum Gasteiger partial charge on any atom is -0.481 e. The lowest BCUT2D eigenvalue weighted by molar-refractivity contribution is -0.176. The SMILES string of the molecule is CC(C)(C)C(CC(=O)O)(C(=O)O)C(C)(C)C. The lowest BCUT2D eigenvalue weighted by atomic mass is 9.52. The van der Waals surface area contributed by atoms with Crippen molar-refractivity contribution in [3.05, 3.63) is 0 Å². The van der Waals surface area contributed by atoms with Gasteiger partial charge >= 0.3 is 11.9 Å². The van der Waals surface area contributed by atoms with E-state index in [2.05, 4.69) is 0 Å². The molecule has 0 amide bonds. The molecule has 0 fully saturated rings. The molecule has 4 heteroatoms. The first-order chi connectivity index (χ1) is 6.86. The van der Waals surface area contributed by atoms with Gasteiger partial charge in [0, 0.05) is 0 Å². The van der Waals surface area contributed by atoms with Crippen LogP contribution in [-0.4, -0.2) is 22.2 Å². The summed E-state index contributed by atoms with van der Waals surface area (Å²) in [6.45, 7) is 10.6. The van der Waals surface area contributed by atoms with Crippen LogP contribution in [0.3, 0.4) is 0 Å². The average molecular weight is 230 g/mol. The van der Waals surface area contributed by atoms with Crippen LogP contribution in [0.5, 0.6) is 0 Å². The highest BCUT2D eigenvalue weighted by molar-refractivity contribution is 5.83. The summed E-state index contributed by atoms with van der Waals surface area (Å²) < 4.78 is 0. The molecule has 0 aromatic rings. The summed E-state index contributed by atoms with van der Waals surface area (Å²) in [4.78, 5) is 22.5. The van der Waals surface area contributed by atoms with Gasteiger partial charge < -0.3 is 10.2 Å². The molecule has 0 spiro atoms. The van der Waals surface area contributed by atoms with Crippen LogP contribution in [0.1, 0.15) is 48.0 Å². The number of aliphatic carboxylic acids is 2. The molecule has 0 aromatic heterocycles. The molecular formula is C12H22O4. The fourth-order valence-corrected chi connectivity index (χ4v) is 2.60. The third kappa shape index (κ3) is 2.36. The fourth-order valence-electron chi connectivity index (χ4n) is 2.60. The van der Waals surface area contributed by atoms with Crippen molar-refractivity contribution in [1.29, 1.82) is 0 Å². The predicted molar refractivity (Wildman–Crippen MR) is 61.2 cm³/mol. The van der Waals surface area contributed by atoms with Gasteiger partial charge in [-0.25, -0.2) is 0 Å². The molecule has 0 rings (SSSR count). The first-order valence-electron chi connectivity index (χ1n) is 5.31. The van der Waals surface area contributed by atoms with Crippen LogP contribution >= 0.6 is 0 Å². The molecule has 94 valence electrons. The normalized spacial score (nSPS) is 13.6. The Morgan fingerprint density at radius 1 is 0.875 bits per heavy atom. The van der Waals surface area contributed by atoms with Crippen molar-refractivity contribution in [3.8, 4) is 0 Å². The summed E-state index contributed by atoms with van der Waals surface area (Å²) in [5, 5.41) is 18.4. The Labute approximate surface area is 96.7 Å². The van der Waals surface area contributed by atoms with Crippen molar-refractivity contribution < 1.29 is 19.8 Å². The molecule has 0 bridgehead atoms. The quantitative estimate of drug-likeness (QED) is 0.781. The Bertz CT molecular complexity index is 277. The highest BCUT2D eigenvalue weighted by Crippen LogP contribution is 2.54. The number of hydrogen-bond donors (Lipinski definition) is 2. The second kappa shape index (κ2) is 4.07. The molecule has 0 unspecified atom stereocenters. The van der Waals surface area contributed by atoms with Gasteiger partial charge in [-0.3, -0.25) is 9.59 Å². The molecule has 0 saturated carbocycles. The summed E-state index contributed by atoms with van der Waals surface area (Å²) in [5.74, 6) is -2.12. The van der Waals surface area contributed by atoms with E-state index in [0.717, 1.165) is 0 Å². The molecule has 0 aliphatic heterocycles. The largest absolute Gasteiger partial charge is 0.481 e. The molecule has 0 atom stereocenters. The molecular weight excluding hydrogens is 208 g/mol. The second-order valence-corrected chi connectivity index (χ2v) is 6.28. The van der Waals surface area contributed by atoms with Crippen molar-refractivity contribution in [2.45, 2.75) is 48.0 Å². The standard InChI is InChI=1S/C12H22O4/c1-10(2,3)12(9(15)16,7-8(13)14)11(4,5)6/h7H2,1-6H3,(H,13,14)(H,15,16). The van der Waals surface area contributed by atoms with Crippen LogP contribution in [0, 0.1) is 16.2 Å². The third-order valence-corrected chi connectivity index (χ3v) is 3.34. The molecule has 2 N–H and O–H groups in total. The summed E-state index contributed by atoms with van der Waals surface area (Å²) in [5.41, 5.74) is -2.54. The smallest absolute Gasteiger partial charge is 0.311 e. The molecule has 0 saturated heterocycles. The van der Waals surface area contributed by atoms with Crippen LogP contribution in [0.25, 0.3) is 0 Å². The van der Waals surface area contributed by atoms with E-state index in [4.69, 9.17) is 5.11 Å². The van der Waals surface area contributed by atoms with Gasteiger partial charge in [0.15, 0.2) is 0 Å². The van der Waals surface area contributed by atoms with Gasteiger partial charge in [-0.1, -0.05) is 41.5 Å². The Morgan fingerprint density at radius 2 is 1.19 bits per heavy atom. The van der Waals surface area contributed by atoms with Gasteiger partial charge in [-0.05, 0) is 10.8 Å². The zero-order chi connectivity index (χ0) is 13.4. The minimum absolute atomic E-state index is 0.366. The number of carbonyl (C=O) groups is 2. The Kier molecular flexibility index (Phi) is 3.80. The van der Waals surface area contributed by atoms with Crippen LogP contribution in [-0.2, 0) is 9.59 Å². The van der Waals surface area contributed by atoms with Crippen LogP contribution < -0.4 is 0 Å². The predicted octanol–water partition coefficient (Wildman–Crippen LogP) is 2.62. The Balaban J connectivity index is 5.81. The first kappa shape index (κ1) is 14.9. The Hall–Kier alpha value is -1.06. The third-order valence-electron chi connectivity index (χ3n) is 3.34. The Morgan fingerprint density at radius 3 is 1.25 bits per heavy atom. The number of carboxylic acids is 2.